The minimum absolute atomic E-state index is 0.00569. The van der Waals surface area contributed by atoms with Crippen molar-refractivity contribution in [1.82, 2.24) is 0 Å². The molecule has 0 bridgehead atoms. The minimum atomic E-state index is -4.41. The second-order valence-corrected chi connectivity index (χ2v) is 5.86. The number of alkyl halides is 3. The molecule has 0 fully saturated rings. The van der Waals surface area contributed by atoms with Crippen LogP contribution in [0.2, 0.25) is 0 Å². The Labute approximate surface area is 108 Å². The summed E-state index contributed by atoms with van der Waals surface area (Å²) in [7, 11) is -1.02. The molecule has 1 N–H and O–H groups in total. The first-order valence-electron chi connectivity index (χ1n) is 4.71. The van der Waals surface area contributed by atoms with Gasteiger partial charge in [0.2, 0.25) is 0 Å². The van der Waals surface area contributed by atoms with E-state index in [0.29, 0.717) is 10.2 Å². The van der Waals surface area contributed by atoms with Crippen molar-refractivity contribution < 1.29 is 17.4 Å². The van der Waals surface area contributed by atoms with Gasteiger partial charge in [-0.1, -0.05) is 15.9 Å². The van der Waals surface area contributed by atoms with Gasteiger partial charge in [-0.05, 0) is 18.2 Å². The van der Waals surface area contributed by atoms with Crippen LogP contribution in [0, 0.1) is 0 Å². The van der Waals surface area contributed by atoms with E-state index in [-0.39, 0.29) is 12.2 Å². The molecule has 1 unspecified atom stereocenters. The van der Waals surface area contributed by atoms with E-state index in [0.717, 1.165) is 6.07 Å². The number of anilines is 1. The summed E-state index contributed by atoms with van der Waals surface area (Å²) in [6.07, 6.45) is -2.90. The molecule has 1 rings (SSSR count). The fraction of sp³-hybridized carbons (Fsp3) is 0.400. The highest BCUT2D eigenvalue weighted by atomic mass is 79.9. The molecule has 0 aromatic heterocycles. The van der Waals surface area contributed by atoms with Gasteiger partial charge in [0.15, 0.2) is 0 Å². The van der Waals surface area contributed by atoms with Crippen molar-refractivity contribution in [3.63, 3.8) is 0 Å². The van der Waals surface area contributed by atoms with Gasteiger partial charge in [0.25, 0.3) is 0 Å². The maximum atomic E-state index is 12.7. The van der Waals surface area contributed by atoms with E-state index in [1.165, 1.54) is 18.4 Å². The van der Waals surface area contributed by atoms with Crippen molar-refractivity contribution in [2.24, 2.45) is 0 Å². The summed E-state index contributed by atoms with van der Waals surface area (Å²) >= 11 is 3.00. The van der Waals surface area contributed by atoms with Gasteiger partial charge in [0.05, 0.1) is 5.56 Å². The maximum absolute atomic E-state index is 12.7. The van der Waals surface area contributed by atoms with E-state index in [2.05, 4.69) is 21.2 Å². The predicted molar refractivity (Wildman–Crippen MR) is 66.6 cm³/mol. The van der Waals surface area contributed by atoms with E-state index in [4.69, 9.17) is 0 Å². The predicted octanol–water partition coefficient (Wildman–Crippen LogP) is 3.26. The van der Waals surface area contributed by atoms with Crippen LogP contribution >= 0.6 is 15.9 Å². The molecule has 0 aliphatic rings. The number of halogens is 4. The van der Waals surface area contributed by atoms with Gasteiger partial charge >= 0.3 is 6.18 Å². The van der Waals surface area contributed by atoms with Gasteiger partial charge in [0, 0.05) is 39.5 Å². The molecule has 0 aliphatic heterocycles. The Hall–Kier alpha value is -0.560. The van der Waals surface area contributed by atoms with Crippen LogP contribution in [0.15, 0.2) is 22.7 Å². The fourth-order valence-electron chi connectivity index (χ4n) is 1.23. The number of hydrogen-bond acceptors (Lipinski definition) is 2. The number of nitrogens with one attached hydrogen (secondary N) is 1. The zero-order valence-electron chi connectivity index (χ0n) is 8.97. The molecule has 0 spiro atoms. The van der Waals surface area contributed by atoms with Gasteiger partial charge < -0.3 is 5.32 Å². The zero-order valence-corrected chi connectivity index (χ0v) is 11.4. The second-order valence-electron chi connectivity index (χ2n) is 3.39. The number of rotatable bonds is 4. The lowest BCUT2D eigenvalue weighted by molar-refractivity contribution is -0.137. The van der Waals surface area contributed by atoms with E-state index in [1.807, 2.05) is 0 Å². The first-order chi connectivity index (χ1) is 7.80. The van der Waals surface area contributed by atoms with Crippen LogP contribution in [0.1, 0.15) is 5.56 Å². The SMILES string of the molecule is CS(=O)CCNc1ccc(Br)cc1C(F)(F)F. The molecule has 2 nitrogen and oxygen atoms in total. The normalized spacial score (nSPS) is 13.5. The van der Waals surface area contributed by atoms with Gasteiger partial charge in [-0.25, -0.2) is 0 Å². The van der Waals surface area contributed by atoms with Crippen LogP contribution in [0.5, 0.6) is 0 Å². The molecule has 17 heavy (non-hydrogen) atoms. The van der Waals surface area contributed by atoms with E-state index in [9.17, 15) is 17.4 Å². The van der Waals surface area contributed by atoms with E-state index < -0.39 is 22.5 Å². The first kappa shape index (κ1) is 14.5. The topological polar surface area (TPSA) is 29.1 Å². The summed E-state index contributed by atoms with van der Waals surface area (Å²) in [6, 6.07) is 3.90. The molecular weight excluding hydrogens is 319 g/mol. The molecule has 1 aromatic rings. The van der Waals surface area contributed by atoms with Crippen LogP contribution in [-0.4, -0.2) is 22.8 Å². The monoisotopic (exact) mass is 329 g/mol. The van der Waals surface area contributed by atoms with E-state index >= 15 is 0 Å². The minimum Gasteiger partial charge on any atom is -0.384 e. The molecule has 96 valence electrons. The Morgan fingerprint density at radius 2 is 2.06 bits per heavy atom. The quantitative estimate of drug-likeness (QED) is 0.918. The number of hydrogen-bond donors (Lipinski definition) is 1. The first-order valence-corrected chi connectivity index (χ1v) is 7.23. The Bertz CT molecular complexity index is 423. The molecule has 1 atom stereocenters. The van der Waals surface area contributed by atoms with Crippen molar-refractivity contribution in [2.45, 2.75) is 6.18 Å². The molecule has 0 saturated heterocycles. The Balaban J connectivity index is 2.87. The lowest BCUT2D eigenvalue weighted by Crippen LogP contribution is -2.14. The highest BCUT2D eigenvalue weighted by Gasteiger charge is 2.33. The molecule has 0 heterocycles. The van der Waals surface area contributed by atoms with Gasteiger partial charge in [0.1, 0.15) is 0 Å². The Kier molecular flexibility index (Phi) is 5.00. The highest BCUT2D eigenvalue weighted by Crippen LogP contribution is 2.36. The summed E-state index contributed by atoms with van der Waals surface area (Å²) < 4.78 is 49.3. The van der Waals surface area contributed by atoms with Crippen LogP contribution in [0.3, 0.4) is 0 Å². The van der Waals surface area contributed by atoms with Crippen LogP contribution in [-0.2, 0) is 17.0 Å². The lowest BCUT2D eigenvalue weighted by Gasteiger charge is -2.14. The summed E-state index contributed by atoms with van der Waals surface area (Å²) in [5, 5.41) is 2.64. The highest BCUT2D eigenvalue weighted by molar-refractivity contribution is 9.10. The van der Waals surface area contributed by atoms with Crippen molar-refractivity contribution in [2.75, 3.05) is 23.9 Å². The van der Waals surface area contributed by atoms with Gasteiger partial charge in [-0.15, -0.1) is 0 Å². The van der Waals surface area contributed by atoms with E-state index in [1.54, 1.807) is 0 Å². The molecule has 0 radical (unpaired) electrons. The molecule has 0 amide bonds. The summed E-state index contributed by atoms with van der Waals surface area (Å²) in [5.41, 5.74) is -0.722. The summed E-state index contributed by atoms with van der Waals surface area (Å²) in [5.74, 6) is 0.313. The number of benzene rings is 1. The third-order valence-corrected chi connectivity index (χ3v) is 3.26. The van der Waals surface area contributed by atoms with Crippen LogP contribution in [0.4, 0.5) is 18.9 Å². The molecule has 1 aromatic carbocycles. The van der Waals surface area contributed by atoms with Crippen molar-refractivity contribution in [3.8, 4) is 0 Å². The van der Waals surface area contributed by atoms with Gasteiger partial charge in [-0.2, -0.15) is 13.2 Å². The summed E-state index contributed by atoms with van der Waals surface area (Å²) in [6.45, 7) is 0.244. The lowest BCUT2D eigenvalue weighted by atomic mass is 10.1. The zero-order chi connectivity index (χ0) is 13.1. The van der Waals surface area contributed by atoms with Crippen LogP contribution < -0.4 is 5.32 Å². The van der Waals surface area contributed by atoms with Crippen molar-refractivity contribution in [1.29, 1.82) is 0 Å². The summed E-state index contributed by atoms with van der Waals surface area (Å²) in [4.78, 5) is 0. The average Bonchev–Trinajstić information content (AvgIpc) is 2.18. The third kappa shape index (κ3) is 4.67. The molecular formula is C10H11BrF3NOS. The maximum Gasteiger partial charge on any atom is 0.418 e. The fourth-order valence-corrected chi connectivity index (χ4v) is 1.99. The van der Waals surface area contributed by atoms with Crippen LogP contribution in [0.25, 0.3) is 0 Å². The standard InChI is InChI=1S/C10H11BrF3NOS/c1-17(16)5-4-15-9-3-2-7(11)6-8(9)10(12,13)14/h2-3,6,15H,4-5H2,1H3. The smallest absolute Gasteiger partial charge is 0.384 e. The molecule has 7 heteroatoms. The average molecular weight is 330 g/mol. The molecule has 0 saturated carbocycles. The second kappa shape index (κ2) is 5.86. The Morgan fingerprint density at radius 1 is 1.41 bits per heavy atom. The largest absolute Gasteiger partial charge is 0.418 e. The van der Waals surface area contributed by atoms with Crippen molar-refractivity contribution in [3.05, 3.63) is 28.2 Å². The third-order valence-electron chi connectivity index (χ3n) is 1.99. The van der Waals surface area contributed by atoms with Crippen molar-refractivity contribution >= 4 is 32.4 Å². The Morgan fingerprint density at radius 3 is 2.59 bits per heavy atom. The molecule has 0 aliphatic carbocycles. The van der Waals surface area contributed by atoms with Gasteiger partial charge in [-0.3, -0.25) is 4.21 Å².